The highest BCUT2D eigenvalue weighted by molar-refractivity contribution is 7.89. The van der Waals surface area contributed by atoms with Crippen molar-refractivity contribution in [3.05, 3.63) is 47.5 Å². The van der Waals surface area contributed by atoms with E-state index in [0.29, 0.717) is 47.8 Å². The number of nitrogens with zero attached hydrogens (tertiary/aromatic N) is 2. The molecule has 4 rings (SSSR count). The van der Waals surface area contributed by atoms with Crippen LogP contribution in [-0.2, 0) is 10.0 Å². The molecule has 0 radical (unpaired) electrons. The van der Waals surface area contributed by atoms with E-state index in [2.05, 4.69) is 5.32 Å². The van der Waals surface area contributed by atoms with Crippen molar-refractivity contribution < 1.29 is 17.9 Å². The molecule has 0 saturated carbocycles. The third kappa shape index (κ3) is 3.88. The fraction of sp³-hybridized carbons (Fsp3) is 0.278. The fourth-order valence-corrected chi connectivity index (χ4v) is 4.91. The van der Waals surface area contributed by atoms with Gasteiger partial charge < -0.3 is 19.7 Å². The van der Waals surface area contributed by atoms with E-state index in [4.69, 9.17) is 33.3 Å². The molecule has 0 atom stereocenters. The molecule has 2 aromatic carbocycles. The Kier molecular flexibility index (Phi) is 5.33. The predicted octanol–water partition coefficient (Wildman–Crippen LogP) is 2.77. The summed E-state index contributed by atoms with van der Waals surface area (Å²) in [6.45, 7) is 1.93. The molecule has 0 bridgehead atoms. The summed E-state index contributed by atoms with van der Waals surface area (Å²) in [4.78, 5) is 2.19. The van der Waals surface area contributed by atoms with Crippen LogP contribution in [0.5, 0.6) is 11.5 Å². The molecule has 2 heterocycles. The highest BCUT2D eigenvalue weighted by Gasteiger charge is 2.29. The van der Waals surface area contributed by atoms with Crippen LogP contribution in [0.15, 0.2) is 47.4 Å². The van der Waals surface area contributed by atoms with Crippen LogP contribution in [0.3, 0.4) is 0 Å². The quantitative estimate of drug-likeness (QED) is 0.737. The lowest BCUT2D eigenvalue weighted by Gasteiger charge is -2.35. The molecule has 7 nitrogen and oxygen atoms in total. The number of hydrogen-bond donors (Lipinski definition) is 1. The molecule has 0 aromatic heterocycles. The van der Waals surface area contributed by atoms with Crippen LogP contribution in [0.25, 0.3) is 0 Å². The van der Waals surface area contributed by atoms with Crippen molar-refractivity contribution in [2.75, 3.05) is 38.3 Å². The Morgan fingerprint density at radius 2 is 1.68 bits per heavy atom. The third-order valence-corrected chi connectivity index (χ3v) is 7.13. The smallest absolute Gasteiger partial charge is 0.243 e. The maximum absolute atomic E-state index is 12.8. The van der Waals surface area contributed by atoms with E-state index < -0.39 is 10.0 Å². The van der Waals surface area contributed by atoms with E-state index in [1.165, 1.54) is 16.4 Å². The molecule has 10 heteroatoms. The number of benzene rings is 2. The van der Waals surface area contributed by atoms with Crippen LogP contribution in [0, 0.1) is 0 Å². The van der Waals surface area contributed by atoms with Gasteiger partial charge in [0.05, 0.1) is 4.90 Å². The van der Waals surface area contributed by atoms with E-state index in [9.17, 15) is 8.42 Å². The summed E-state index contributed by atoms with van der Waals surface area (Å²) in [7, 11) is -3.54. The van der Waals surface area contributed by atoms with Crippen molar-refractivity contribution in [3.8, 4) is 11.5 Å². The predicted molar refractivity (Wildman–Crippen MR) is 111 cm³/mol. The monoisotopic (exact) mass is 439 g/mol. The van der Waals surface area contributed by atoms with Crippen LogP contribution >= 0.6 is 23.8 Å². The summed E-state index contributed by atoms with van der Waals surface area (Å²) >= 11 is 11.3. The van der Waals surface area contributed by atoms with Gasteiger partial charge in [0.25, 0.3) is 0 Å². The molecule has 2 aliphatic heterocycles. The minimum atomic E-state index is -3.54. The Balaban J connectivity index is 1.37. The van der Waals surface area contributed by atoms with Gasteiger partial charge in [0.1, 0.15) is 0 Å². The highest BCUT2D eigenvalue weighted by Crippen LogP contribution is 2.34. The number of sulfonamides is 1. The van der Waals surface area contributed by atoms with Gasteiger partial charge in [-0.15, -0.1) is 0 Å². The average molecular weight is 440 g/mol. The third-order valence-electron chi connectivity index (χ3n) is 4.60. The normalized spacial score (nSPS) is 16.8. The molecule has 0 aliphatic carbocycles. The number of rotatable bonds is 3. The molecule has 28 heavy (non-hydrogen) atoms. The van der Waals surface area contributed by atoms with Gasteiger partial charge >= 0.3 is 0 Å². The van der Waals surface area contributed by atoms with Gasteiger partial charge in [-0.3, -0.25) is 0 Å². The Labute approximate surface area is 173 Å². The number of halogens is 1. The number of ether oxygens (including phenoxy) is 2. The molecule has 1 N–H and O–H groups in total. The summed E-state index contributed by atoms with van der Waals surface area (Å²) in [6.07, 6.45) is 0. The van der Waals surface area contributed by atoms with Crippen molar-refractivity contribution in [2.24, 2.45) is 0 Å². The topological polar surface area (TPSA) is 71.1 Å². The number of thiocarbonyl (C=S) groups is 1. The Bertz CT molecular complexity index is 990. The maximum atomic E-state index is 12.8. The van der Waals surface area contributed by atoms with Gasteiger partial charge in [0.2, 0.25) is 16.8 Å². The van der Waals surface area contributed by atoms with Crippen LogP contribution in [0.4, 0.5) is 5.69 Å². The Hall–Kier alpha value is -2.07. The largest absolute Gasteiger partial charge is 0.454 e. The van der Waals surface area contributed by atoms with Gasteiger partial charge in [0.15, 0.2) is 16.6 Å². The molecule has 0 spiro atoms. The van der Waals surface area contributed by atoms with Gasteiger partial charge in [0, 0.05) is 43.0 Å². The Morgan fingerprint density at radius 1 is 1.00 bits per heavy atom. The molecule has 1 fully saturated rings. The Morgan fingerprint density at radius 3 is 2.39 bits per heavy atom. The first-order valence-corrected chi connectivity index (χ1v) is 10.9. The van der Waals surface area contributed by atoms with Crippen LogP contribution in [0.1, 0.15) is 0 Å². The zero-order chi connectivity index (χ0) is 19.7. The van der Waals surface area contributed by atoms with Gasteiger partial charge in [-0.1, -0.05) is 11.6 Å². The number of anilines is 1. The molecular weight excluding hydrogens is 422 g/mol. The average Bonchev–Trinajstić information content (AvgIpc) is 3.16. The summed E-state index contributed by atoms with van der Waals surface area (Å²) in [5.74, 6) is 1.38. The standard InChI is InChI=1S/C18H18ClN3O4S2/c19-13-1-4-15(5-2-13)28(23,24)22-9-7-21(8-10-22)18(27)20-14-3-6-16-17(11-14)26-12-25-16/h1-6,11H,7-10,12H2,(H,20,27). The first-order valence-electron chi connectivity index (χ1n) is 8.65. The second-order valence-corrected chi connectivity index (χ2v) is 9.10. The lowest BCUT2D eigenvalue weighted by atomic mass is 10.3. The molecule has 0 amide bonds. The lowest BCUT2D eigenvalue weighted by molar-refractivity contribution is 0.174. The van der Waals surface area contributed by atoms with Crippen LogP contribution in [-0.4, -0.2) is 55.7 Å². The SMILES string of the molecule is O=S(=O)(c1ccc(Cl)cc1)N1CCN(C(=S)Nc2ccc3c(c2)OCO3)CC1. The molecule has 0 unspecified atom stereocenters. The summed E-state index contributed by atoms with van der Waals surface area (Å²) in [5.41, 5.74) is 0.797. The van der Waals surface area contributed by atoms with E-state index in [1.54, 1.807) is 12.1 Å². The van der Waals surface area contributed by atoms with Crippen molar-refractivity contribution in [1.82, 2.24) is 9.21 Å². The van der Waals surface area contributed by atoms with Crippen molar-refractivity contribution in [2.45, 2.75) is 4.90 Å². The van der Waals surface area contributed by atoms with Crippen molar-refractivity contribution in [1.29, 1.82) is 0 Å². The number of fused-ring (bicyclic) bond motifs is 1. The second kappa shape index (κ2) is 7.75. The van der Waals surface area contributed by atoms with Crippen LogP contribution < -0.4 is 14.8 Å². The van der Waals surface area contributed by atoms with Gasteiger partial charge in [-0.25, -0.2) is 8.42 Å². The van der Waals surface area contributed by atoms with Crippen LogP contribution in [0.2, 0.25) is 5.02 Å². The van der Waals surface area contributed by atoms with E-state index in [1.807, 2.05) is 23.1 Å². The van der Waals surface area contributed by atoms with Gasteiger partial charge in [-0.05, 0) is 48.6 Å². The summed E-state index contributed by atoms with van der Waals surface area (Å²) in [5, 5.41) is 4.22. The minimum absolute atomic E-state index is 0.216. The highest BCUT2D eigenvalue weighted by atomic mass is 35.5. The molecular formula is C18H18ClN3O4S2. The molecule has 2 aromatic rings. The minimum Gasteiger partial charge on any atom is -0.454 e. The summed E-state index contributed by atoms with van der Waals surface area (Å²) < 4.78 is 37.7. The number of hydrogen-bond acceptors (Lipinski definition) is 5. The number of piperazine rings is 1. The van der Waals surface area contributed by atoms with E-state index in [0.717, 1.165) is 5.69 Å². The zero-order valence-corrected chi connectivity index (χ0v) is 17.2. The molecule has 2 aliphatic rings. The van der Waals surface area contributed by atoms with Crippen molar-refractivity contribution in [3.63, 3.8) is 0 Å². The number of nitrogens with one attached hydrogen (secondary N) is 1. The van der Waals surface area contributed by atoms with Gasteiger partial charge in [-0.2, -0.15) is 4.31 Å². The van der Waals surface area contributed by atoms with Crippen molar-refractivity contribution >= 4 is 44.6 Å². The lowest BCUT2D eigenvalue weighted by Crippen LogP contribution is -2.51. The maximum Gasteiger partial charge on any atom is 0.243 e. The van der Waals surface area contributed by atoms with E-state index in [-0.39, 0.29) is 11.7 Å². The molecule has 148 valence electrons. The first kappa shape index (κ1) is 19.3. The summed E-state index contributed by atoms with van der Waals surface area (Å²) in [6, 6.07) is 11.7. The van der Waals surface area contributed by atoms with E-state index >= 15 is 0 Å². The fourth-order valence-electron chi connectivity index (χ4n) is 3.06. The second-order valence-electron chi connectivity index (χ2n) is 6.34. The molecule has 1 saturated heterocycles. The first-order chi connectivity index (χ1) is 13.4. The zero-order valence-electron chi connectivity index (χ0n) is 14.8.